The number of carbonyl (C=O) groups excluding carboxylic acids is 1. The molecule has 1 unspecified atom stereocenters. The monoisotopic (exact) mass is 364 g/mol. The van der Waals surface area contributed by atoms with Crippen LogP contribution in [0, 0.1) is 5.41 Å². The second-order valence-electron chi connectivity index (χ2n) is 6.89. The number of rotatable bonds is 8. The van der Waals surface area contributed by atoms with E-state index in [1.165, 1.54) is 4.90 Å². The molecule has 1 rings (SSSR count). The summed E-state index contributed by atoms with van der Waals surface area (Å²) < 4.78 is 0. The van der Waals surface area contributed by atoms with Gasteiger partial charge >= 0.3 is 0 Å². The lowest BCUT2D eigenvalue weighted by Crippen LogP contribution is -2.43. The van der Waals surface area contributed by atoms with Crippen molar-refractivity contribution < 1.29 is 4.79 Å². The van der Waals surface area contributed by atoms with Gasteiger partial charge in [0.1, 0.15) is 0 Å². The number of hydrogen-bond acceptors (Lipinski definition) is 3. The van der Waals surface area contributed by atoms with E-state index in [4.69, 9.17) is 0 Å². The van der Waals surface area contributed by atoms with Crippen molar-refractivity contribution in [1.82, 2.24) is 16.0 Å². The van der Waals surface area contributed by atoms with Crippen molar-refractivity contribution in [1.29, 1.82) is 0 Å². The van der Waals surface area contributed by atoms with Gasteiger partial charge in [-0.15, -0.1) is 11.8 Å². The van der Waals surface area contributed by atoms with Crippen molar-refractivity contribution in [2.75, 3.05) is 26.2 Å². The molecule has 25 heavy (non-hydrogen) atoms. The van der Waals surface area contributed by atoms with Gasteiger partial charge in [0.05, 0.1) is 6.54 Å². The standard InChI is InChI=1S/C19H32N4OS/c1-6-20-18(22-13-12-21-17(24)19(3,4)5)23-14-15(2)25-16-10-8-7-9-11-16/h7-11,15H,6,12-14H2,1-5H3,(H,21,24)(H2,20,22,23). The largest absolute Gasteiger partial charge is 0.357 e. The number of nitrogens with zero attached hydrogens (tertiary/aromatic N) is 1. The molecule has 0 aliphatic heterocycles. The molecule has 0 radical (unpaired) electrons. The van der Waals surface area contributed by atoms with Gasteiger partial charge in [-0.05, 0) is 19.1 Å². The Kier molecular flexibility index (Phi) is 9.42. The first kappa shape index (κ1) is 21.4. The summed E-state index contributed by atoms with van der Waals surface area (Å²) in [5, 5.41) is 9.82. The Balaban J connectivity index is 2.39. The number of thioether (sulfide) groups is 1. The Labute approximate surface area is 156 Å². The van der Waals surface area contributed by atoms with E-state index in [0.29, 0.717) is 18.3 Å². The SMILES string of the molecule is CCNC(=NCC(C)Sc1ccccc1)NCCNC(=O)C(C)(C)C. The van der Waals surface area contributed by atoms with Crippen LogP contribution in [0.2, 0.25) is 0 Å². The molecular weight excluding hydrogens is 332 g/mol. The molecule has 0 aliphatic rings. The van der Waals surface area contributed by atoms with Crippen LogP contribution in [0.5, 0.6) is 0 Å². The predicted molar refractivity (Wildman–Crippen MR) is 108 cm³/mol. The van der Waals surface area contributed by atoms with Crippen LogP contribution in [-0.2, 0) is 4.79 Å². The Bertz CT molecular complexity index is 540. The molecule has 140 valence electrons. The zero-order chi connectivity index (χ0) is 18.7. The Morgan fingerprint density at radius 1 is 1.12 bits per heavy atom. The van der Waals surface area contributed by atoms with E-state index in [1.54, 1.807) is 0 Å². The minimum atomic E-state index is -0.358. The average Bonchev–Trinajstić information content (AvgIpc) is 2.56. The third-order valence-corrected chi connectivity index (χ3v) is 4.41. The molecule has 0 saturated carbocycles. The van der Waals surface area contributed by atoms with E-state index < -0.39 is 0 Å². The third-order valence-electron chi connectivity index (χ3n) is 3.32. The van der Waals surface area contributed by atoms with Crippen molar-refractivity contribution in [2.24, 2.45) is 10.4 Å². The smallest absolute Gasteiger partial charge is 0.225 e. The molecule has 0 aromatic heterocycles. The van der Waals surface area contributed by atoms with Crippen molar-refractivity contribution in [3.63, 3.8) is 0 Å². The number of amides is 1. The summed E-state index contributed by atoms with van der Waals surface area (Å²) in [6.07, 6.45) is 0. The van der Waals surface area contributed by atoms with Gasteiger partial charge in [-0.3, -0.25) is 9.79 Å². The maximum atomic E-state index is 11.8. The van der Waals surface area contributed by atoms with Gasteiger partial charge in [0.25, 0.3) is 0 Å². The van der Waals surface area contributed by atoms with Crippen molar-refractivity contribution >= 4 is 23.6 Å². The number of hydrogen-bond donors (Lipinski definition) is 3. The van der Waals surface area contributed by atoms with Crippen LogP contribution >= 0.6 is 11.8 Å². The zero-order valence-corrected chi connectivity index (χ0v) is 16.9. The summed E-state index contributed by atoms with van der Waals surface area (Å²) in [6.45, 7) is 12.7. The molecule has 0 saturated heterocycles. The van der Waals surface area contributed by atoms with Crippen LogP contribution in [-0.4, -0.2) is 43.3 Å². The lowest BCUT2D eigenvalue weighted by atomic mass is 9.96. The molecule has 0 heterocycles. The summed E-state index contributed by atoms with van der Waals surface area (Å²) in [5.74, 6) is 0.845. The minimum Gasteiger partial charge on any atom is -0.357 e. The van der Waals surface area contributed by atoms with E-state index >= 15 is 0 Å². The fourth-order valence-electron chi connectivity index (χ4n) is 1.95. The van der Waals surface area contributed by atoms with Gasteiger partial charge in [0.15, 0.2) is 5.96 Å². The Morgan fingerprint density at radius 2 is 1.76 bits per heavy atom. The highest BCUT2D eigenvalue weighted by atomic mass is 32.2. The van der Waals surface area contributed by atoms with Gasteiger partial charge < -0.3 is 16.0 Å². The quantitative estimate of drug-likeness (QED) is 0.287. The fourth-order valence-corrected chi connectivity index (χ4v) is 2.88. The van der Waals surface area contributed by atoms with Crippen LogP contribution in [0.3, 0.4) is 0 Å². The second kappa shape index (κ2) is 11.0. The minimum absolute atomic E-state index is 0.0594. The molecule has 3 N–H and O–H groups in total. The first-order chi connectivity index (χ1) is 11.8. The first-order valence-electron chi connectivity index (χ1n) is 8.85. The molecule has 5 nitrogen and oxygen atoms in total. The molecule has 1 aromatic carbocycles. The number of nitrogens with one attached hydrogen (secondary N) is 3. The summed E-state index contributed by atoms with van der Waals surface area (Å²) >= 11 is 1.82. The number of aliphatic imine (C=N–C) groups is 1. The van der Waals surface area contributed by atoms with Crippen molar-refractivity contribution in [3.8, 4) is 0 Å². The van der Waals surface area contributed by atoms with E-state index in [-0.39, 0.29) is 11.3 Å². The van der Waals surface area contributed by atoms with Crippen molar-refractivity contribution in [2.45, 2.75) is 44.8 Å². The van der Waals surface area contributed by atoms with Gasteiger partial charge in [0, 0.05) is 35.2 Å². The summed E-state index contributed by atoms with van der Waals surface area (Å²) in [4.78, 5) is 17.7. The Morgan fingerprint density at radius 3 is 2.36 bits per heavy atom. The van der Waals surface area contributed by atoms with Crippen molar-refractivity contribution in [3.05, 3.63) is 30.3 Å². The topological polar surface area (TPSA) is 65.5 Å². The summed E-state index contributed by atoms with van der Waals surface area (Å²) in [5.41, 5.74) is -0.358. The maximum Gasteiger partial charge on any atom is 0.225 e. The molecule has 1 amide bonds. The highest BCUT2D eigenvalue weighted by Gasteiger charge is 2.20. The van der Waals surface area contributed by atoms with Gasteiger partial charge in [-0.25, -0.2) is 0 Å². The lowest BCUT2D eigenvalue weighted by molar-refractivity contribution is -0.128. The molecule has 1 aromatic rings. The average molecular weight is 365 g/mol. The second-order valence-corrected chi connectivity index (χ2v) is 8.41. The third kappa shape index (κ3) is 9.39. The predicted octanol–water partition coefficient (Wildman–Crippen LogP) is 2.88. The lowest BCUT2D eigenvalue weighted by Gasteiger charge is -2.18. The van der Waals surface area contributed by atoms with Crippen LogP contribution in [0.4, 0.5) is 0 Å². The molecule has 0 spiro atoms. The van der Waals surface area contributed by atoms with Crippen LogP contribution < -0.4 is 16.0 Å². The summed E-state index contributed by atoms with van der Waals surface area (Å²) in [6, 6.07) is 10.4. The highest BCUT2D eigenvalue weighted by Crippen LogP contribution is 2.22. The fraction of sp³-hybridized carbons (Fsp3) is 0.579. The first-order valence-corrected chi connectivity index (χ1v) is 9.73. The maximum absolute atomic E-state index is 11.8. The van der Waals surface area contributed by atoms with Crippen LogP contribution in [0.1, 0.15) is 34.6 Å². The molecule has 0 bridgehead atoms. The number of carbonyl (C=O) groups is 1. The van der Waals surface area contributed by atoms with E-state index in [9.17, 15) is 4.79 Å². The highest BCUT2D eigenvalue weighted by molar-refractivity contribution is 8.00. The summed E-state index contributed by atoms with van der Waals surface area (Å²) in [7, 11) is 0. The van der Waals surface area contributed by atoms with E-state index in [0.717, 1.165) is 19.0 Å². The van der Waals surface area contributed by atoms with E-state index in [2.05, 4.69) is 52.1 Å². The molecular formula is C19H32N4OS. The normalized spacial score (nSPS) is 13.2. The molecule has 0 fully saturated rings. The Hall–Kier alpha value is -1.69. The van der Waals surface area contributed by atoms with Crippen LogP contribution in [0.25, 0.3) is 0 Å². The molecule has 6 heteroatoms. The van der Waals surface area contributed by atoms with Crippen LogP contribution in [0.15, 0.2) is 40.2 Å². The molecule has 0 aliphatic carbocycles. The van der Waals surface area contributed by atoms with Gasteiger partial charge in [-0.2, -0.15) is 0 Å². The zero-order valence-electron chi connectivity index (χ0n) is 16.1. The van der Waals surface area contributed by atoms with E-state index in [1.807, 2.05) is 45.5 Å². The number of guanidine groups is 1. The van der Waals surface area contributed by atoms with Gasteiger partial charge in [-0.1, -0.05) is 45.9 Å². The van der Waals surface area contributed by atoms with Gasteiger partial charge in [0.2, 0.25) is 5.91 Å². The number of benzene rings is 1. The molecule has 1 atom stereocenters.